The standard InChI is InChI=1S/C11H19Cl/c1-8-2-3-10-7-11(12)5-4-9(10)6-8/h8-11H,2-7H2,1H3. The van der Waals surface area contributed by atoms with E-state index < -0.39 is 0 Å². The van der Waals surface area contributed by atoms with Crippen molar-refractivity contribution in [2.24, 2.45) is 17.8 Å². The van der Waals surface area contributed by atoms with Gasteiger partial charge in [-0.15, -0.1) is 11.6 Å². The second-order valence-electron chi connectivity index (χ2n) is 4.85. The van der Waals surface area contributed by atoms with Gasteiger partial charge in [0.25, 0.3) is 0 Å². The predicted molar refractivity (Wildman–Crippen MR) is 53.5 cm³/mol. The highest BCUT2D eigenvalue weighted by Gasteiger charge is 2.33. The zero-order valence-electron chi connectivity index (χ0n) is 7.93. The van der Waals surface area contributed by atoms with E-state index >= 15 is 0 Å². The van der Waals surface area contributed by atoms with Gasteiger partial charge >= 0.3 is 0 Å². The lowest BCUT2D eigenvalue weighted by molar-refractivity contribution is 0.139. The summed E-state index contributed by atoms with van der Waals surface area (Å²) in [6.45, 7) is 2.41. The molecule has 2 saturated carbocycles. The Labute approximate surface area is 80.7 Å². The minimum atomic E-state index is 0.500. The highest BCUT2D eigenvalue weighted by atomic mass is 35.5. The highest BCUT2D eigenvalue weighted by Crippen LogP contribution is 2.43. The molecule has 4 unspecified atom stereocenters. The molecule has 0 aromatic rings. The van der Waals surface area contributed by atoms with Gasteiger partial charge < -0.3 is 0 Å². The first-order chi connectivity index (χ1) is 5.75. The van der Waals surface area contributed by atoms with E-state index in [1.54, 1.807) is 0 Å². The third kappa shape index (κ3) is 1.79. The molecule has 70 valence electrons. The Morgan fingerprint density at radius 1 is 0.917 bits per heavy atom. The molecule has 2 aliphatic carbocycles. The van der Waals surface area contributed by atoms with Gasteiger partial charge in [0.15, 0.2) is 0 Å². The van der Waals surface area contributed by atoms with Gasteiger partial charge in [-0.25, -0.2) is 0 Å². The quantitative estimate of drug-likeness (QED) is 0.505. The maximum absolute atomic E-state index is 6.17. The maximum atomic E-state index is 6.17. The summed E-state index contributed by atoms with van der Waals surface area (Å²) >= 11 is 6.17. The second-order valence-corrected chi connectivity index (χ2v) is 5.47. The molecule has 1 heteroatoms. The van der Waals surface area contributed by atoms with Crippen LogP contribution in [0, 0.1) is 17.8 Å². The maximum Gasteiger partial charge on any atom is 0.0338 e. The van der Waals surface area contributed by atoms with E-state index in [4.69, 9.17) is 11.6 Å². The lowest BCUT2D eigenvalue weighted by Gasteiger charge is -2.39. The summed E-state index contributed by atoms with van der Waals surface area (Å²) in [5.74, 6) is 3.00. The molecule has 0 aromatic carbocycles. The van der Waals surface area contributed by atoms with Crippen molar-refractivity contribution in [1.29, 1.82) is 0 Å². The molecule has 0 saturated heterocycles. The fourth-order valence-electron chi connectivity index (χ4n) is 3.07. The van der Waals surface area contributed by atoms with E-state index in [0.717, 1.165) is 17.8 Å². The van der Waals surface area contributed by atoms with Crippen molar-refractivity contribution in [2.75, 3.05) is 0 Å². The molecule has 2 aliphatic rings. The van der Waals surface area contributed by atoms with Crippen molar-refractivity contribution in [3.05, 3.63) is 0 Å². The first-order valence-corrected chi connectivity index (χ1v) is 5.83. The number of hydrogen-bond donors (Lipinski definition) is 0. The van der Waals surface area contributed by atoms with E-state index in [1.807, 2.05) is 0 Å². The van der Waals surface area contributed by atoms with Crippen LogP contribution in [0.2, 0.25) is 0 Å². The normalized spacial score (nSPS) is 48.5. The molecule has 12 heavy (non-hydrogen) atoms. The summed E-state index contributed by atoms with van der Waals surface area (Å²) in [7, 11) is 0. The topological polar surface area (TPSA) is 0 Å². The molecule has 2 rings (SSSR count). The van der Waals surface area contributed by atoms with Crippen LogP contribution in [0.5, 0.6) is 0 Å². The summed E-state index contributed by atoms with van der Waals surface area (Å²) < 4.78 is 0. The first kappa shape index (κ1) is 8.87. The molecular formula is C11H19Cl. The largest absolute Gasteiger partial charge is 0.123 e. The average molecular weight is 187 g/mol. The molecule has 0 aromatic heterocycles. The molecule has 0 bridgehead atoms. The van der Waals surface area contributed by atoms with Gasteiger partial charge in [-0.2, -0.15) is 0 Å². The summed E-state index contributed by atoms with van der Waals surface area (Å²) in [6, 6.07) is 0. The minimum Gasteiger partial charge on any atom is -0.123 e. The van der Waals surface area contributed by atoms with Crippen LogP contribution >= 0.6 is 11.6 Å². The molecule has 2 fully saturated rings. The van der Waals surface area contributed by atoms with Crippen LogP contribution in [-0.2, 0) is 0 Å². The van der Waals surface area contributed by atoms with Gasteiger partial charge in [-0.1, -0.05) is 13.3 Å². The minimum absolute atomic E-state index is 0.500. The zero-order valence-corrected chi connectivity index (χ0v) is 8.69. The molecule has 0 nitrogen and oxygen atoms in total. The van der Waals surface area contributed by atoms with E-state index in [9.17, 15) is 0 Å². The van der Waals surface area contributed by atoms with Crippen molar-refractivity contribution in [1.82, 2.24) is 0 Å². The Morgan fingerprint density at radius 2 is 1.58 bits per heavy atom. The molecule has 0 radical (unpaired) electrons. The van der Waals surface area contributed by atoms with Crippen LogP contribution in [0.4, 0.5) is 0 Å². The summed E-state index contributed by atoms with van der Waals surface area (Å²) in [4.78, 5) is 0. The molecular weight excluding hydrogens is 168 g/mol. The van der Waals surface area contributed by atoms with E-state index in [0.29, 0.717) is 5.38 Å². The lowest BCUT2D eigenvalue weighted by Crippen LogP contribution is -2.30. The van der Waals surface area contributed by atoms with Crippen LogP contribution < -0.4 is 0 Å². The van der Waals surface area contributed by atoms with Gasteiger partial charge in [0, 0.05) is 5.38 Å². The SMILES string of the molecule is CC1CCC2CC(Cl)CCC2C1. The van der Waals surface area contributed by atoms with Gasteiger partial charge in [0.2, 0.25) is 0 Å². The van der Waals surface area contributed by atoms with Crippen molar-refractivity contribution in [3.8, 4) is 0 Å². The number of fused-ring (bicyclic) bond motifs is 1. The lowest BCUT2D eigenvalue weighted by atomic mass is 9.68. The van der Waals surface area contributed by atoms with Crippen molar-refractivity contribution in [2.45, 2.75) is 50.8 Å². The van der Waals surface area contributed by atoms with Gasteiger partial charge in [0.05, 0.1) is 0 Å². The molecule has 0 spiro atoms. The third-order valence-electron chi connectivity index (χ3n) is 3.81. The first-order valence-electron chi connectivity index (χ1n) is 5.39. The van der Waals surface area contributed by atoms with Crippen molar-refractivity contribution >= 4 is 11.6 Å². The predicted octanol–water partition coefficient (Wildman–Crippen LogP) is 3.83. The average Bonchev–Trinajstić information content (AvgIpc) is 2.05. The Morgan fingerprint density at radius 3 is 2.42 bits per heavy atom. The Kier molecular flexibility index (Phi) is 2.64. The number of hydrogen-bond acceptors (Lipinski definition) is 0. The summed E-state index contributed by atoms with van der Waals surface area (Å²) in [5.41, 5.74) is 0. The molecule has 0 aliphatic heterocycles. The van der Waals surface area contributed by atoms with Crippen LogP contribution in [0.15, 0.2) is 0 Å². The van der Waals surface area contributed by atoms with Crippen LogP contribution in [0.25, 0.3) is 0 Å². The number of alkyl halides is 1. The van der Waals surface area contributed by atoms with Crippen LogP contribution in [-0.4, -0.2) is 5.38 Å². The molecule has 0 amide bonds. The van der Waals surface area contributed by atoms with Crippen molar-refractivity contribution < 1.29 is 0 Å². The number of rotatable bonds is 0. The smallest absolute Gasteiger partial charge is 0.0338 e. The van der Waals surface area contributed by atoms with Crippen LogP contribution in [0.3, 0.4) is 0 Å². The summed E-state index contributed by atoms with van der Waals surface area (Å²) in [6.07, 6.45) is 8.37. The Bertz CT molecular complexity index is 137. The van der Waals surface area contributed by atoms with E-state index in [-0.39, 0.29) is 0 Å². The number of halogens is 1. The monoisotopic (exact) mass is 186 g/mol. The zero-order chi connectivity index (χ0) is 8.55. The fourth-order valence-corrected chi connectivity index (χ4v) is 3.42. The van der Waals surface area contributed by atoms with Crippen molar-refractivity contribution in [3.63, 3.8) is 0 Å². The van der Waals surface area contributed by atoms with E-state index in [2.05, 4.69) is 6.92 Å². The highest BCUT2D eigenvalue weighted by molar-refractivity contribution is 6.20. The molecule has 4 atom stereocenters. The summed E-state index contributed by atoms with van der Waals surface area (Å²) in [5, 5.41) is 0.500. The Balaban J connectivity index is 1.94. The molecule has 0 heterocycles. The Hall–Kier alpha value is 0.290. The van der Waals surface area contributed by atoms with Crippen LogP contribution in [0.1, 0.15) is 45.4 Å². The van der Waals surface area contributed by atoms with E-state index in [1.165, 1.54) is 38.5 Å². The fraction of sp³-hybridized carbons (Fsp3) is 1.00. The third-order valence-corrected chi connectivity index (χ3v) is 4.21. The van der Waals surface area contributed by atoms with Gasteiger partial charge in [-0.3, -0.25) is 0 Å². The van der Waals surface area contributed by atoms with Gasteiger partial charge in [0.1, 0.15) is 0 Å². The second kappa shape index (κ2) is 3.57. The molecule has 0 N–H and O–H groups in total. The van der Waals surface area contributed by atoms with Gasteiger partial charge in [-0.05, 0) is 49.9 Å².